The molecule has 5 heterocycles. The zero-order chi connectivity index (χ0) is 28.5. The summed E-state index contributed by atoms with van der Waals surface area (Å²) in [6, 6.07) is 29.1. The van der Waals surface area contributed by atoms with Crippen LogP contribution in [0.5, 0.6) is 5.75 Å². The Balaban J connectivity index is 0.00000289. The minimum Gasteiger partial charge on any atom is -0.428 e. The molecule has 0 radical (unpaired) electrons. The summed E-state index contributed by atoms with van der Waals surface area (Å²) in [6.07, 6.45) is 0. The van der Waals surface area contributed by atoms with Gasteiger partial charge in [0.05, 0.1) is 5.39 Å². The van der Waals surface area contributed by atoms with Gasteiger partial charge in [0.1, 0.15) is 28.3 Å². The SMILES string of the molecule is O=COc1cccc2c3nc4nc(nc5[nH]c(nc6nc(nc([nH]3)c12)-c1ccccc1-6)c1ccccc51)-c1ccccc1-4.[Zn]. The van der Waals surface area contributed by atoms with Crippen molar-refractivity contribution in [1.29, 1.82) is 0 Å². The van der Waals surface area contributed by atoms with E-state index in [1.54, 1.807) is 12.1 Å². The molecular formula is C33H18N8O2Zn. The molecule has 204 valence electrons. The first-order chi connectivity index (χ1) is 21.2. The maximum atomic E-state index is 11.4. The number of aromatic nitrogens is 8. The van der Waals surface area contributed by atoms with Gasteiger partial charge in [-0.2, -0.15) is 0 Å². The van der Waals surface area contributed by atoms with Crippen LogP contribution in [-0.2, 0) is 24.3 Å². The molecular weight excluding hydrogens is 606 g/mol. The molecule has 2 aliphatic heterocycles. The predicted octanol–water partition coefficient (Wildman–Crippen LogP) is 6.40. The molecule has 7 aromatic rings. The average Bonchev–Trinajstić information content (AvgIpc) is 3.77. The first-order valence-electron chi connectivity index (χ1n) is 13.6. The van der Waals surface area contributed by atoms with Gasteiger partial charge in [0, 0.05) is 57.9 Å². The van der Waals surface area contributed by atoms with Crippen LogP contribution in [0.2, 0.25) is 0 Å². The number of rotatable bonds is 2. The smallest absolute Gasteiger partial charge is 0.298 e. The molecule has 0 amide bonds. The summed E-state index contributed by atoms with van der Waals surface area (Å²) in [5.41, 5.74) is 5.62. The second-order valence-corrected chi connectivity index (χ2v) is 10.1. The normalized spacial score (nSPS) is 11.5. The average molecular weight is 624 g/mol. The molecule has 0 aliphatic carbocycles. The van der Waals surface area contributed by atoms with E-state index in [2.05, 4.69) is 9.97 Å². The third-order valence-corrected chi connectivity index (χ3v) is 7.72. The van der Waals surface area contributed by atoms with E-state index in [-0.39, 0.29) is 19.5 Å². The summed E-state index contributed by atoms with van der Waals surface area (Å²) in [4.78, 5) is 47.9. The maximum Gasteiger partial charge on any atom is 0.298 e. The van der Waals surface area contributed by atoms with E-state index >= 15 is 0 Å². The van der Waals surface area contributed by atoms with E-state index in [9.17, 15) is 4.79 Å². The van der Waals surface area contributed by atoms with E-state index in [1.165, 1.54) is 0 Å². The fourth-order valence-electron chi connectivity index (χ4n) is 5.81. The van der Waals surface area contributed by atoms with Crippen molar-refractivity contribution in [1.82, 2.24) is 39.9 Å². The van der Waals surface area contributed by atoms with Crippen molar-refractivity contribution in [2.75, 3.05) is 0 Å². The van der Waals surface area contributed by atoms with Gasteiger partial charge >= 0.3 is 0 Å². The second kappa shape index (κ2) is 9.96. The molecule has 4 aromatic carbocycles. The largest absolute Gasteiger partial charge is 0.428 e. The van der Waals surface area contributed by atoms with E-state index in [4.69, 9.17) is 34.6 Å². The summed E-state index contributed by atoms with van der Waals surface area (Å²) in [6.45, 7) is 0.403. The molecule has 10 nitrogen and oxygen atoms in total. The van der Waals surface area contributed by atoms with Crippen LogP contribution in [0.25, 0.3) is 89.7 Å². The van der Waals surface area contributed by atoms with Gasteiger partial charge in [0.25, 0.3) is 6.47 Å². The van der Waals surface area contributed by atoms with E-state index in [0.29, 0.717) is 68.9 Å². The number of ether oxygens (including phenoxy) is 1. The van der Waals surface area contributed by atoms with Crippen LogP contribution in [0.15, 0.2) is 91.0 Å². The molecule has 0 saturated carbocycles. The Morgan fingerprint density at radius 3 is 1.39 bits per heavy atom. The van der Waals surface area contributed by atoms with Gasteiger partial charge in [-0.15, -0.1) is 0 Å². The number of nitrogens with zero attached hydrogens (tertiary/aromatic N) is 6. The fraction of sp³-hybridized carbons (Fsp3) is 0. The Labute approximate surface area is 261 Å². The van der Waals surface area contributed by atoms with Crippen LogP contribution in [-0.4, -0.2) is 46.3 Å². The van der Waals surface area contributed by atoms with Crippen LogP contribution in [0.1, 0.15) is 0 Å². The molecule has 44 heavy (non-hydrogen) atoms. The molecule has 11 heteroatoms. The molecule has 0 unspecified atom stereocenters. The van der Waals surface area contributed by atoms with Crippen molar-refractivity contribution in [2.24, 2.45) is 0 Å². The zero-order valence-corrected chi connectivity index (χ0v) is 25.9. The monoisotopic (exact) mass is 622 g/mol. The maximum absolute atomic E-state index is 11.4. The van der Waals surface area contributed by atoms with Crippen LogP contribution in [0.3, 0.4) is 0 Å². The van der Waals surface area contributed by atoms with Gasteiger partial charge in [-0.1, -0.05) is 84.9 Å². The fourth-order valence-corrected chi connectivity index (χ4v) is 5.81. The Bertz CT molecular complexity index is 2480. The van der Waals surface area contributed by atoms with E-state index < -0.39 is 0 Å². The molecule has 0 atom stereocenters. The van der Waals surface area contributed by atoms with E-state index in [1.807, 2.05) is 78.9 Å². The molecule has 3 aromatic heterocycles. The molecule has 8 bridgehead atoms. The Kier molecular flexibility index (Phi) is 5.89. The summed E-state index contributed by atoms with van der Waals surface area (Å²) in [5.74, 6) is 2.37. The van der Waals surface area contributed by atoms with Gasteiger partial charge in [0.2, 0.25) is 0 Å². The predicted molar refractivity (Wildman–Crippen MR) is 163 cm³/mol. The van der Waals surface area contributed by atoms with Crippen LogP contribution in [0, 0.1) is 0 Å². The van der Waals surface area contributed by atoms with Gasteiger partial charge in [-0.3, -0.25) is 4.79 Å². The van der Waals surface area contributed by atoms with Crippen molar-refractivity contribution >= 4 is 50.6 Å². The molecule has 0 saturated heterocycles. The minimum atomic E-state index is 0. The molecule has 0 fully saturated rings. The molecule has 2 aliphatic rings. The Hall–Kier alpha value is -5.67. The van der Waals surface area contributed by atoms with Crippen molar-refractivity contribution in [3.8, 4) is 51.3 Å². The number of benzene rings is 4. The second-order valence-electron chi connectivity index (χ2n) is 10.1. The van der Waals surface area contributed by atoms with Gasteiger partial charge in [-0.05, 0) is 6.07 Å². The quantitative estimate of drug-likeness (QED) is 0.167. The van der Waals surface area contributed by atoms with Crippen molar-refractivity contribution in [3.05, 3.63) is 91.0 Å². The standard InChI is InChI=1S/C33H18N8O2.Zn/c42-16-43-24-15-7-14-23-25(24)33-40-31-22-13-6-5-12-21(22)29(38-31)36-27-18-9-2-1-8-17(18)26(34-27)35-28-19-10-3-4-11-20(19)30(37-28)39-32(23)41-33;/h1-16H,(H2,34,35,36,37,38,39,40,41);. The summed E-state index contributed by atoms with van der Waals surface area (Å²) in [7, 11) is 0. The van der Waals surface area contributed by atoms with Crippen molar-refractivity contribution in [3.63, 3.8) is 0 Å². The summed E-state index contributed by atoms with van der Waals surface area (Å²) < 4.78 is 5.37. The molecule has 9 rings (SSSR count). The third kappa shape index (κ3) is 3.87. The van der Waals surface area contributed by atoms with Gasteiger partial charge in [0.15, 0.2) is 23.3 Å². The zero-order valence-electron chi connectivity index (χ0n) is 22.9. The molecule has 0 spiro atoms. The topological polar surface area (TPSA) is 135 Å². The van der Waals surface area contributed by atoms with Crippen molar-refractivity contribution in [2.45, 2.75) is 0 Å². The minimum absolute atomic E-state index is 0. The number of carbonyl (C=O) groups is 1. The number of nitrogens with one attached hydrogen (secondary N) is 2. The first kappa shape index (κ1) is 26.0. The Morgan fingerprint density at radius 2 is 0.886 bits per heavy atom. The number of carbonyl (C=O) groups excluding carboxylic acids is 1. The third-order valence-electron chi connectivity index (χ3n) is 7.72. The van der Waals surface area contributed by atoms with Crippen LogP contribution >= 0.6 is 0 Å². The number of aromatic amines is 2. The number of hydrogen-bond acceptors (Lipinski definition) is 8. The first-order valence-corrected chi connectivity index (χ1v) is 13.6. The number of fused-ring (bicyclic) bond motifs is 20. The van der Waals surface area contributed by atoms with Gasteiger partial charge in [-0.25, -0.2) is 29.9 Å². The summed E-state index contributed by atoms with van der Waals surface area (Å²) >= 11 is 0. The van der Waals surface area contributed by atoms with Crippen LogP contribution in [0.4, 0.5) is 0 Å². The molecule has 2 N–H and O–H groups in total. The number of hydrogen-bond donors (Lipinski definition) is 2. The van der Waals surface area contributed by atoms with Crippen molar-refractivity contribution < 1.29 is 29.0 Å². The van der Waals surface area contributed by atoms with Gasteiger partial charge < -0.3 is 14.7 Å². The van der Waals surface area contributed by atoms with Crippen LogP contribution < -0.4 is 4.74 Å². The Morgan fingerprint density at radius 1 is 0.477 bits per heavy atom. The summed E-state index contributed by atoms with van der Waals surface area (Å²) in [5, 5.41) is 3.14. The number of H-pyrrole nitrogens is 2. The van der Waals surface area contributed by atoms with E-state index in [0.717, 1.165) is 33.0 Å².